The van der Waals surface area contributed by atoms with Crippen molar-refractivity contribution in [3.63, 3.8) is 0 Å². The van der Waals surface area contributed by atoms with Crippen molar-refractivity contribution >= 4 is 21.6 Å². The molecule has 0 spiro atoms. The van der Waals surface area contributed by atoms with Gasteiger partial charge in [0.2, 0.25) is 0 Å². The Bertz CT molecular complexity index is 1060. The van der Waals surface area contributed by atoms with Gasteiger partial charge in [-0.2, -0.15) is 0 Å². The smallest absolute Gasteiger partial charge is 0.262 e. The van der Waals surface area contributed by atoms with E-state index in [1.807, 2.05) is 18.2 Å². The number of fused-ring (bicyclic) bond motifs is 4. The third-order valence-electron chi connectivity index (χ3n) is 5.21. The highest BCUT2D eigenvalue weighted by atomic mass is 32.1. The molecule has 6 nitrogen and oxygen atoms in total. The van der Waals surface area contributed by atoms with Crippen LogP contribution in [0.25, 0.3) is 10.2 Å². The van der Waals surface area contributed by atoms with E-state index in [0.29, 0.717) is 6.61 Å². The van der Waals surface area contributed by atoms with E-state index in [4.69, 9.17) is 9.47 Å². The molecular weight excluding hydrogens is 350 g/mol. The van der Waals surface area contributed by atoms with E-state index >= 15 is 0 Å². The minimum atomic E-state index is -0.0590. The van der Waals surface area contributed by atoms with Crippen molar-refractivity contribution in [1.29, 1.82) is 0 Å². The molecule has 2 aromatic heterocycles. The standard InChI is InChI=1S/C19H19N3O3S/c1-24-14-4-2-3-11-7-12(9-25-17(11)14)22-10-21-18-16(19(22)23)13-5-6-20-8-15(13)26-18/h2-4,10,12,20H,5-9H2,1H3/t12-/m1/s1. The van der Waals surface area contributed by atoms with Crippen LogP contribution in [-0.4, -0.2) is 29.8 Å². The van der Waals surface area contributed by atoms with E-state index in [2.05, 4.69) is 10.3 Å². The first-order valence-electron chi connectivity index (χ1n) is 8.77. The number of aromatic nitrogens is 2. The lowest BCUT2D eigenvalue weighted by Gasteiger charge is -2.27. The molecule has 2 aliphatic heterocycles. The number of hydrogen-bond acceptors (Lipinski definition) is 6. The van der Waals surface area contributed by atoms with Crippen molar-refractivity contribution in [3.8, 4) is 11.5 Å². The van der Waals surface area contributed by atoms with Gasteiger partial charge >= 0.3 is 0 Å². The molecule has 26 heavy (non-hydrogen) atoms. The fourth-order valence-corrected chi connectivity index (χ4v) is 5.05. The van der Waals surface area contributed by atoms with Crippen LogP contribution in [0.5, 0.6) is 11.5 Å². The fourth-order valence-electron chi connectivity index (χ4n) is 3.91. The van der Waals surface area contributed by atoms with Gasteiger partial charge in [0, 0.05) is 23.4 Å². The summed E-state index contributed by atoms with van der Waals surface area (Å²) in [5.41, 5.74) is 2.29. The SMILES string of the molecule is COc1cccc2c1OC[C@H](n1cnc3sc4c(c3c1=O)CCNC4)C2. The molecule has 1 atom stereocenters. The number of para-hydroxylation sites is 1. The van der Waals surface area contributed by atoms with Gasteiger partial charge in [-0.25, -0.2) is 4.98 Å². The van der Waals surface area contributed by atoms with Crippen LogP contribution < -0.4 is 20.3 Å². The lowest BCUT2D eigenvalue weighted by Crippen LogP contribution is -2.33. The van der Waals surface area contributed by atoms with E-state index in [1.165, 1.54) is 10.4 Å². The third kappa shape index (κ3) is 2.34. The lowest BCUT2D eigenvalue weighted by molar-refractivity contribution is 0.211. The van der Waals surface area contributed by atoms with E-state index in [1.54, 1.807) is 29.3 Å². The maximum atomic E-state index is 13.2. The van der Waals surface area contributed by atoms with Crippen LogP contribution in [0.15, 0.2) is 29.3 Å². The number of nitrogens with zero attached hydrogens (tertiary/aromatic N) is 2. The number of hydrogen-bond donors (Lipinski definition) is 1. The second-order valence-corrected chi connectivity index (χ2v) is 7.77. The van der Waals surface area contributed by atoms with Gasteiger partial charge in [-0.05, 0) is 24.6 Å². The molecule has 0 unspecified atom stereocenters. The zero-order valence-corrected chi connectivity index (χ0v) is 15.3. The zero-order chi connectivity index (χ0) is 17.7. The van der Waals surface area contributed by atoms with E-state index in [0.717, 1.165) is 53.2 Å². The number of methoxy groups -OCH3 is 1. The van der Waals surface area contributed by atoms with E-state index in [-0.39, 0.29) is 11.6 Å². The van der Waals surface area contributed by atoms with E-state index < -0.39 is 0 Å². The maximum Gasteiger partial charge on any atom is 0.262 e. The second-order valence-electron chi connectivity index (χ2n) is 6.69. The summed E-state index contributed by atoms with van der Waals surface area (Å²) in [6.07, 6.45) is 3.30. The van der Waals surface area contributed by atoms with Gasteiger partial charge in [0.1, 0.15) is 11.4 Å². The van der Waals surface area contributed by atoms with Crippen LogP contribution in [0.2, 0.25) is 0 Å². The molecular formula is C19H19N3O3S. The van der Waals surface area contributed by atoms with Gasteiger partial charge in [-0.15, -0.1) is 11.3 Å². The van der Waals surface area contributed by atoms with Crippen LogP contribution in [-0.2, 0) is 19.4 Å². The van der Waals surface area contributed by atoms with Gasteiger partial charge in [0.25, 0.3) is 5.56 Å². The van der Waals surface area contributed by atoms with Crippen molar-refractivity contribution < 1.29 is 9.47 Å². The van der Waals surface area contributed by atoms with Crippen LogP contribution in [0.1, 0.15) is 22.0 Å². The Labute approximate surface area is 154 Å². The maximum absolute atomic E-state index is 13.2. The molecule has 134 valence electrons. The Balaban J connectivity index is 1.57. The molecule has 0 fully saturated rings. The first kappa shape index (κ1) is 15.8. The normalized spacial score (nSPS) is 18.9. The Hall–Kier alpha value is -2.38. The molecule has 1 aromatic carbocycles. The van der Waals surface area contributed by atoms with Gasteiger partial charge in [0.05, 0.1) is 24.9 Å². The van der Waals surface area contributed by atoms with Gasteiger partial charge in [-0.3, -0.25) is 9.36 Å². The average molecular weight is 369 g/mol. The monoisotopic (exact) mass is 369 g/mol. The fraction of sp³-hybridized carbons (Fsp3) is 0.368. The van der Waals surface area contributed by atoms with Gasteiger partial charge < -0.3 is 14.8 Å². The first-order chi connectivity index (χ1) is 12.8. The highest BCUT2D eigenvalue weighted by Gasteiger charge is 2.27. The van der Waals surface area contributed by atoms with Crippen LogP contribution >= 0.6 is 11.3 Å². The number of benzene rings is 1. The highest BCUT2D eigenvalue weighted by Crippen LogP contribution is 2.37. The summed E-state index contributed by atoms with van der Waals surface area (Å²) < 4.78 is 13.1. The molecule has 4 heterocycles. The summed E-state index contributed by atoms with van der Waals surface area (Å²) in [7, 11) is 1.64. The molecule has 0 amide bonds. The summed E-state index contributed by atoms with van der Waals surface area (Å²) >= 11 is 1.63. The van der Waals surface area contributed by atoms with Crippen LogP contribution in [0.3, 0.4) is 0 Å². The number of nitrogens with one attached hydrogen (secondary N) is 1. The summed E-state index contributed by atoms with van der Waals surface area (Å²) in [6.45, 7) is 2.18. The molecule has 5 rings (SSSR count). The van der Waals surface area contributed by atoms with Crippen LogP contribution in [0.4, 0.5) is 0 Å². The highest BCUT2D eigenvalue weighted by molar-refractivity contribution is 7.18. The van der Waals surface area contributed by atoms with E-state index in [9.17, 15) is 4.79 Å². The number of ether oxygens (including phenoxy) is 2. The lowest BCUT2D eigenvalue weighted by atomic mass is 10.0. The summed E-state index contributed by atoms with van der Waals surface area (Å²) in [5, 5.41) is 4.16. The predicted octanol–water partition coefficient (Wildman–Crippen LogP) is 2.29. The quantitative estimate of drug-likeness (QED) is 0.751. The topological polar surface area (TPSA) is 65.4 Å². The predicted molar refractivity (Wildman–Crippen MR) is 101 cm³/mol. The molecule has 0 bridgehead atoms. The van der Waals surface area contributed by atoms with Crippen molar-refractivity contribution in [2.45, 2.75) is 25.4 Å². The van der Waals surface area contributed by atoms with Crippen molar-refractivity contribution in [3.05, 3.63) is 50.9 Å². The van der Waals surface area contributed by atoms with Crippen molar-refractivity contribution in [2.24, 2.45) is 0 Å². The molecule has 0 saturated heterocycles. The molecule has 0 aliphatic carbocycles. The molecule has 2 aliphatic rings. The summed E-state index contributed by atoms with van der Waals surface area (Å²) in [5.74, 6) is 1.52. The Morgan fingerprint density at radius 1 is 1.42 bits per heavy atom. The van der Waals surface area contributed by atoms with Crippen LogP contribution in [0, 0.1) is 0 Å². The van der Waals surface area contributed by atoms with Crippen molar-refractivity contribution in [2.75, 3.05) is 20.3 Å². The zero-order valence-electron chi connectivity index (χ0n) is 14.4. The average Bonchev–Trinajstić information content (AvgIpc) is 3.06. The summed E-state index contributed by atoms with van der Waals surface area (Å²) in [6, 6.07) is 5.82. The van der Waals surface area contributed by atoms with Gasteiger partial charge in [-0.1, -0.05) is 12.1 Å². The first-order valence-corrected chi connectivity index (χ1v) is 9.58. The molecule has 7 heteroatoms. The largest absolute Gasteiger partial charge is 0.493 e. The Morgan fingerprint density at radius 3 is 3.23 bits per heavy atom. The number of rotatable bonds is 2. The summed E-state index contributed by atoms with van der Waals surface area (Å²) in [4.78, 5) is 19.9. The van der Waals surface area contributed by atoms with Crippen molar-refractivity contribution in [1.82, 2.24) is 14.9 Å². The number of thiophene rings is 1. The Morgan fingerprint density at radius 2 is 2.35 bits per heavy atom. The third-order valence-corrected chi connectivity index (χ3v) is 6.35. The molecule has 3 aromatic rings. The molecule has 0 radical (unpaired) electrons. The molecule has 0 saturated carbocycles. The minimum absolute atomic E-state index is 0.0503. The molecule has 1 N–H and O–H groups in total. The van der Waals surface area contributed by atoms with Gasteiger partial charge in [0.15, 0.2) is 11.5 Å². The second kappa shape index (κ2) is 6.10. The Kier molecular flexibility index (Phi) is 3.72. The minimum Gasteiger partial charge on any atom is -0.493 e.